The summed E-state index contributed by atoms with van der Waals surface area (Å²) in [5.74, 6) is -1.11. The van der Waals surface area contributed by atoms with E-state index in [0.29, 0.717) is 6.42 Å². The fraction of sp³-hybridized carbons (Fsp3) is 0.391. The summed E-state index contributed by atoms with van der Waals surface area (Å²) in [7, 11) is 0. The third-order valence-corrected chi connectivity index (χ3v) is 5.06. The molecular formula is C23H28N2O3. The second-order valence-electron chi connectivity index (χ2n) is 7.29. The number of esters is 2. The summed E-state index contributed by atoms with van der Waals surface area (Å²) in [6.45, 7) is 4.23. The lowest BCUT2D eigenvalue weighted by atomic mass is 10.0. The summed E-state index contributed by atoms with van der Waals surface area (Å²) in [4.78, 5) is 26.4. The molecule has 0 saturated carbocycles. The van der Waals surface area contributed by atoms with Gasteiger partial charge in [0, 0.05) is 19.5 Å². The number of hydrogen-bond donors (Lipinski definition) is 1. The monoisotopic (exact) mass is 380 g/mol. The Bertz CT molecular complexity index is 758. The molecule has 0 spiro atoms. The van der Waals surface area contributed by atoms with Gasteiger partial charge >= 0.3 is 11.9 Å². The molecule has 5 heteroatoms. The van der Waals surface area contributed by atoms with Crippen LogP contribution >= 0.6 is 0 Å². The van der Waals surface area contributed by atoms with Crippen LogP contribution in [0.15, 0.2) is 60.7 Å². The predicted octanol–water partition coefficient (Wildman–Crippen LogP) is 3.11. The molecule has 2 aromatic carbocycles. The van der Waals surface area contributed by atoms with Gasteiger partial charge in [-0.3, -0.25) is 10.1 Å². The molecule has 2 unspecified atom stereocenters. The van der Waals surface area contributed by atoms with E-state index in [4.69, 9.17) is 4.74 Å². The molecule has 3 rings (SSSR count). The molecular weight excluding hydrogens is 352 g/mol. The van der Waals surface area contributed by atoms with E-state index in [1.54, 1.807) is 0 Å². The van der Waals surface area contributed by atoms with Crippen molar-refractivity contribution in [3.05, 3.63) is 71.8 Å². The van der Waals surface area contributed by atoms with E-state index in [9.17, 15) is 9.59 Å². The Morgan fingerprint density at radius 1 is 1.00 bits per heavy atom. The average Bonchev–Trinajstić information content (AvgIpc) is 3.21. The number of nitrogens with one attached hydrogen (secondary N) is 1. The van der Waals surface area contributed by atoms with Crippen molar-refractivity contribution in [2.24, 2.45) is 0 Å². The first-order chi connectivity index (χ1) is 13.6. The largest absolute Gasteiger partial charge is 0.392 e. The Labute approximate surface area is 166 Å². The fourth-order valence-corrected chi connectivity index (χ4v) is 3.68. The number of carbonyl (C=O) groups excluding carboxylic acids is 2. The Hall–Kier alpha value is -2.50. The van der Waals surface area contributed by atoms with Crippen LogP contribution in [-0.4, -0.2) is 42.5 Å². The summed E-state index contributed by atoms with van der Waals surface area (Å²) in [6, 6.07) is 19.3. The minimum atomic E-state index is -0.598. The summed E-state index contributed by atoms with van der Waals surface area (Å²) >= 11 is 0. The first kappa shape index (κ1) is 20.2. The summed E-state index contributed by atoms with van der Waals surface area (Å²) in [5.41, 5.74) is 2.15. The predicted molar refractivity (Wildman–Crippen MR) is 109 cm³/mol. The maximum atomic E-state index is 12.6. The van der Waals surface area contributed by atoms with Crippen molar-refractivity contribution in [1.82, 2.24) is 10.2 Å². The van der Waals surface area contributed by atoms with Crippen molar-refractivity contribution in [1.29, 1.82) is 0 Å². The molecule has 1 aliphatic rings. The molecule has 1 heterocycles. The van der Waals surface area contributed by atoms with E-state index in [1.807, 2.05) is 48.5 Å². The number of likely N-dealkylation sites (tertiary alicyclic amines) is 1. The third kappa shape index (κ3) is 6.01. The number of rotatable bonds is 8. The molecule has 5 nitrogen and oxygen atoms in total. The van der Waals surface area contributed by atoms with Crippen LogP contribution in [0.1, 0.15) is 36.9 Å². The summed E-state index contributed by atoms with van der Waals surface area (Å²) in [5, 5.41) is 3.48. The zero-order valence-corrected chi connectivity index (χ0v) is 16.3. The molecule has 0 radical (unpaired) electrons. The van der Waals surface area contributed by atoms with E-state index < -0.39 is 18.0 Å². The van der Waals surface area contributed by atoms with Crippen molar-refractivity contribution < 1.29 is 14.3 Å². The molecule has 0 bridgehead atoms. The van der Waals surface area contributed by atoms with E-state index in [0.717, 1.165) is 30.8 Å². The van der Waals surface area contributed by atoms with E-state index in [1.165, 1.54) is 19.8 Å². The van der Waals surface area contributed by atoms with Gasteiger partial charge in [-0.15, -0.1) is 0 Å². The van der Waals surface area contributed by atoms with Crippen molar-refractivity contribution in [2.75, 3.05) is 19.6 Å². The van der Waals surface area contributed by atoms with Gasteiger partial charge in [-0.2, -0.15) is 0 Å². The molecule has 0 aliphatic carbocycles. The summed E-state index contributed by atoms with van der Waals surface area (Å²) in [6.07, 6.45) is 2.89. The first-order valence-corrected chi connectivity index (χ1v) is 9.91. The quantitative estimate of drug-likeness (QED) is 0.563. The molecule has 2 aromatic rings. The van der Waals surface area contributed by atoms with Crippen LogP contribution in [0.4, 0.5) is 0 Å². The van der Waals surface area contributed by atoms with Crippen LogP contribution in [0.25, 0.3) is 0 Å². The molecule has 1 saturated heterocycles. The van der Waals surface area contributed by atoms with Gasteiger partial charge in [0.25, 0.3) is 0 Å². The smallest absolute Gasteiger partial charge is 0.331 e. The second kappa shape index (κ2) is 10.2. The standard InChI is InChI=1S/C23H28N2O3/c1-18(26)28-23(27)21(16-19-10-4-2-5-11-19)24-22(17-25-14-8-9-15-25)20-12-6-3-7-13-20/h2-7,10-13,21-22,24H,8-9,14-17H2,1H3. The van der Waals surface area contributed by atoms with Crippen LogP contribution in [0.5, 0.6) is 0 Å². The Kier molecular flexibility index (Phi) is 7.34. The van der Waals surface area contributed by atoms with Crippen molar-refractivity contribution in [3.8, 4) is 0 Å². The van der Waals surface area contributed by atoms with Gasteiger partial charge in [0.2, 0.25) is 0 Å². The first-order valence-electron chi connectivity index (χ1n) is 9.91. The minimum absolute atomic E-state index is 0.0208. The van der Waals surface area contributed by atoms with Gasteiger partial charge < -0.3 is 9.64 Å². The van der Waals surface area contributed by atoms with Gasteiger partial charge in [0.05, 0.1) is 0 Å². The molecule has 2 atom stereocenters. The van der Waals surface area contributed by atoms with Crippen LogP contribution in [0, 0.1) is 0 Å². The van der Waals surface area contributed by atoms with Crippen molar-refractivity contribution >= 4 is 11.9 Å². The van der Waals surface area contributed by atoms with E-state index >= 15 is 0 Å². The lowest BCUT2D eigenvalue weighted by Gasteiger charge is -2.28. The summed E-state index contributed by atoms with van der Waals surface area (Å²) < 4.78 is 4.94. The highest BCUT2D eigenvalue weighted by atomic mass is 16.6. The Balaban J connectivity index is 1.80. The van der Waals surface area contributed by atoms with Gasteiger partial charge in [-0.1, -0.05) is 60.7 Å². The van der Waals surface area contributed by atoms with Crippen molar-refractivity contribution in [2.45, 2.75) is 38.3 Å². The maximum Gasteiger partial charge on any atom is 0.331 e. The molecule has 1 aliphatic heterocycles. The molecule has 1 N–H and O–H groups in total. The number of carbonyl (C=O) groups is 2. The number of hydrogen-bond acceptors (Lipinski definition) is 5. The van der Waals surface area contributed by atoms with E-state index in [-0.39, 0.29) is 6.04 Å². The second-order valence-corrected chi connectivity index (χ2v) is 7.29. The molecule has 28 heavy (non-hydrogen) atoms. The van der Waals surface area contributed by atoms with Gasteiger partial charge in [-0.25, -0.2) is 4.79 Å². The third-order valence-electron chi connectivity index (χ3n) is 5.06. The van der Waals surface area contributed by atoms with Crippen LogP contribution < -0.4 is 5.32 Å². The molecule has 0 aromatic heterocycles. The van der Waals surface area contributed by atoms with Gasteiger partial charge in [0.15, 0.2) is 0 Å². The number of ether oxygens (including phenoxy) is 1. The lowest BCUT2D eigenvalue weighted by Crippen LogP contribution is -2.45. The topological polar surface area (TPSA) is 58.6 Å². The lowest BCUT2D eigenvalue weighted by molar-refractivity contribution is -0.159. The van der Waals surface area contributed by atoms with Gasteiger partial charge in [-0.05, 0) is 43.5 Å². The average molecular weight is 380 g/mol. The zero-order valence-electron chi connectivity index (χ0n) is 16.3. The highest BCUT2D eigenvalue weighted by Crippen LogP contribution is 2.19. The molecule has 1 fully saturated rings. The van der Waals surface area contributed by atoms with Crippen LogP contribution in [0.3, 0.4) is 0 Å². The number of nitrogens with zero attached hydrogens (tertiary/aromatic N) is 1. The number of benzene rings is 2. The molecule has 0 amide bonds. The SMILES string of the molecule is CC(=O)OC(=O)C(Cc1ccccc1)NC(CN1CCCC1)c1ccccc1. The Morgan fingerprint density at radius 2 is 1.61 bits per heavy atom. The molecule has 148 valence electrons. The minimum Gasteiger partial charge on any atom is -0.392 e. The van der Waals surface area contributed by atoms with Crippen LogP contribution in [-0.2, 0) is 20.7 Å². The van der Waals surface area contributed by atoms with Gasteiger partial charge in [0.1, 0.15) is 6.04 Å². The highest BCUT2D eigenvalue weighted by Gasteiger charge is 2.27. The van der Waals surface area contributed by atoms with E-state index in [2.05, 4.69) is 22.3 Å². The van der Waals surface area contributed by atoms with Crippen LogP contribution in [0.2, 0.25) is 0 Å². The highest BCUT2D eigenvalue weighted by molar-refractivity contribution is 5.87. The fourth-order valence-electron chi connectivity index (χ4n) is 3.68. The Morgan fingerprint density at radius 3 is 2.21 bits per heavy atom. The normalized spacial score (nSPS) is 16.5. The maximum absolute atomic E-state index is 12.6. The zero-order chi connectivity index (χ0) is 19.8. The van der Waals surface area contributed by atoms with Crippen molar-refractivity contribution in [3.63, 3.8) is 0 Å².